The molecule has 1 aromatic rings. The van der Waals surface area contributed by atoms with Gasteiger partial charge in [-0.05, 0) is 37.3 Å². The number of hydrogen-bond acceptors (Lipinski definition) is 3. The lowest BCUT2D eigenvalue weighted by atomic mass is 9.94. The number of nitrogens with zero attached hydrogens (tertiary/aromatic N) is 1. The Kier molecular flexibility index (Phi) is 4.66. The average Bonchev–Trinajstić information content (AvgIpc) is 2.38. The number of rotatable bonds is 4. The van der Waals surface area contributed by atoms with Gasteiger partial charge in [0.25, 0.3) is 0 Å². The predicted molar refractivity (Wildman–Crippen MR) is 79.1 cm³/mol. The smallest absolute Gasteiger partial charge is 0.126 e. The first-order chi connectivity index (χ1) is 9.13. The zero-order chi connectivity index (χ0) is 13.8. The van der Waals surface area contributed by atoms with Gasteiger partial charge in [-0.15, -0.1) is 0 Å². The minimum Gasteiger partial charge on any atom is -0.396 e. The Morgan fingerprint density at radius 2 is 2.32 bits per heavy atom. The van der Waals surface area contributed by atoms with Crippen LogP contribution >= 0.6 is 11.6 Å². The van der Waals surface area contributed by atoms with E-state index in [2.05, 4.69) is 4.90 Å². The number of piperidine rings is 1. The van der Waals surface area contributed by atoms with E-state index in [1.165, 1.54) is 0 Å². The second-order valence-corrected chi connectivity index (χ2v) is 5.42. The summed E-state index contributed by atoms with van der Waals surface area (Å²) < 4.78 is 0. The first kappa shape index (κ1) is 14.2. The normalized spacial score (nSPS) is 19.5. The molecule has 5 heteroatoms. The van der Waals surface area contributed by atoms with Crippen LogP contribution in [0.15, 0.2) is 18.2 Å². The van der Waals surface area contributed by atoms with Crippen LogP contribution in [0.4, 0.5) is 5.69 Å². The van der Waals surface area contributed by atoms with Crippen LogP contribution in [0.3, 0.4) is 0 Å². The van der Waals surface area contributed by atoms with Crippen molar-refractivity contribution in [2.75, 3.05) is 24.6 Å². The van der Waals surface area contributed by atoms with Gasteiger partial charge >= 0.3 is 0 Å². The average molecular weight is 282 g/mol. The molecule has 1 saturated heterocycles. The van der Waals surface area contributed by atoms with Crippen LogP contribution in [0, 0.1) is 11.3 Å². The Bertz CT molecular complexity index is 462. The molecule has 1 aromatic carbocycles. The van der Waals surface area contributed by atoms with Crippen LogP contribution in [0.25, 0.3) is 0 Å². The highest BCUT2D eigenvalue weighted by Crippen LogP contribution is 2.31. The van der Waals surface area contributed by atoms with E-state index in [0.29, 0.717) is 16.5 Å². The van der Waals surface area contributed by atoms with Crippen LogP contribution in [0.2, 0.25) is 5.02 Å². The van der Waals surface area contributed by atoms with Crippen LogP contribution in [0.1, 0.15) is 24.8 Å². The number of halogens is 1. The second-order valence-electron chi connectivity index (χ2n) is 5.01. The first-order valence-electron chi connectivity index (χ1n) is 6.62. The monoisotopic (exact) mass is 281 g/mol. The van der Waals surface area contributed by atoms with Crippen molar-refractivity contribution in [2.45, 2.75) is 19.3 Å². The lowest BCUT2D eigenvalue weighted by Gasteiger charge is -2.35. The predicted octanol–water partition coefficient (Wildman–Crippen LogP) is 2.22. The fourth-order valence-electron chi connectivity index (χ4n) is 2.74. The van der Waals surface area contributed by atoms with Gasteiger partial charge < -0.3 is 15.7 Å². The van der Waals surface area contributed by atoms with Gasteiger partial charge in [-0.3, -0.25) is 5.41 Å². The van der Waals surface area contributed by atoms with Crippen molar-refractivity contribution >= 4 is 23.1 Å². The summed E-state index contributed by atoms with van der Waals surface area (Å²) in [5.74, 6) is 0.502. The van der Waals surface area contributed by atoms with E-state index in [-0.39, 0.29) is 12.4 Å². The SMILES string of the molecule is N=C(N)c1c(Cl)cccc1N1CCCC(CCO)C1. The molecule has 2 rings (SSSR count). The molecule has 1 heterocycles. The van der Waals surface area contributed by atoms with Crippen molar-refractivity contribution in [1.29, 1.82) is 5.41 Å². The molecule has 0 spiro atoms. The van der Waals surface area contributed by atoms with Gasteiger partial charge in [0.1, 0.15) is 5.84 Å². The quantitative estimate of drug-likeness (QED) is 0.585. The molecule has 0 aromatic heterocycles. The number of amidine groups is 1. The van der Waals surface area contributed by atoms with Crippen molar-refractivity contribution in [3.8, 4) is 0 Å². The molecule has 0 saturated carbocycles. The van der Waals surface area contributed by atoms with E-state index in [4.69, 9.17) is 27.9 Å². The molecule has 1 atom stereocenters. The number of nitrogens with one attached hydrogen (secondary N) is 1. The Morgan fingerprint density at radius 3 is 3.00 bits per heavy atom. The number of nitrogen functional groups attached to an aromatic ring is 1. The first-order valence-corrected chi connectivity index (χ1v) is 7.00. The maximum Gasteiger partial charge on any atom is 0.126 e. The minimum atomic E-state index is 0.00452. The number of anilines is 1. The topological polar surface area (TPSA) is 73.3 Å². The maximum absolute atomic E-state index is 9.07. The molecule has 0 amide bonds. The molecule has 1 fully saturated rings. The molecular formula is C14H20ClN3O. The standard InChI is InChI=1S/C14H20ClN3O/c15-11-4-1-5-12(13(11)14(16)17)18-7-2-3-10(9-18)6-8-19/h1,4-5,10,19H,2-3,6-9H2,(H3,16,17). The Balaban J connectivity index is 2.26. The molecule has 0 aliphatic carbocycles. The highest BCUT2D eigenvalue weighted by atomic mass is 35.5. The van der Waals surface area contributed by atoms with Crippen molar-refractivity contribution in [2.24, 2.45) is 11.7 Å². The molecule has 19 heavy (non-hydrogen) atoms. The Morgan fingerprint density at radius 1 is 1.53 bits per heavy atom. The van der Waals surface area contributed by atoms with Crippen molar-refractivity contribution in [3.63, 3.8) is 0 Å². The molecule has 4 nitrogen and oxygen atoms in total. The molecule has 0 bridgehead atoms. The van der Waals surface area contributed by atoms with E-state index in [0.717, 1.165) is 38.0 Å². The number of aliphatic hydroxyl groups is 1. The highest BCUT2D eigenvalue weighted by Gasteiger charge is 2.23. The fraction of sp³-hybridized carbons (Fsp3) is 0.500. The van der Waals surface area contributed by atoms with Gasteiger partial charge in [-0.2, -0.15) is 0 Å². The Hall–Kier alpha value is -1.26. The third-order valence-electron chi connectivity index (χ3n) is 3.66. The molecule has 1 aliphatic heterocycles. The van der Waals surface area contributed by atoms with E-state index >= 15 is 0 Å². The third kappa shape index (κ3) is 3.19. The number of nitrogens with two attached hydrogens (primary N) is 1. The molecule has 4 N–H and O–H groups in total. The fourth-order valence-corrected chi connectivity index (χ4v) is 3.02. The van der Waals surface area contributed by atoms with Gasteiger partial charge in [0.2, 0.25) is 0 Å². The molecule has 1 unspecified atom stereocenters. The van der Waals surface area contributed by atoms with Crippen molar-refractivity contribution in [1.82, 2.24) is 0 Å². The van der Waals surface area contributed by atoms with Gasteiger partial charge in [0.15, 0.2) is 0 Å². The van der Waals surface area contributed by atoms with Gasteiger partial charge in [-0.25, -0.2) is 0 Å². The van der Waals surface area contributed by atoms with Crippen LogP contribution < -0.4 is 10.6 Å². The minimum absolute atomic E-state index is 0.00452. The van der Waals surface area contributed by atoms with E-state index in [1.54, 1.807) is 6.07 Å². The lowest BCUT2D eigenvalue weighted by Crippen LogP contribution is -2.37. The molecule has 1 aliphatic rings. The summed E-state index contributed by atoms with van der Waals surface area (Å²) in [5, 5.41) is 17.3. The lowest BCUT2D eigenvalue weighted by molar-refractivity contribution is 0.244. The molecule has 104 valence electrons. The van der Waals surface area contributed by atoms with E-state index in [1.807, 2.05) is 12.1 Å². The summed E-state index contributed by atoms with van der Waals surface area (Å²) in [6, 6.07) is 5.61. The van der Waals surface area contributed by atoms with Crippen molar-refractivity contribution < 1.29 is 5.11 Å². The van der Waals surface area contributed by atoms with E-state index in [9.17, 15) is 0 Å². The zero-order valence-corrected chi connectivity index (χ0v) is 11.7. The summed E-state index contributed by atoms with van der Waals surface area (Å²) in [6.07, 6.45) is 3.06. The summed E-state index contributed by atoms with van der Waals surface area (Å²) in [4.78, 5) is 2.23. The van der Waals surface area contributed by atoms with Crippen LogP contribution in [-0.4, -0.2) is 30.6 Å². The summed E-state index contributed by atoms with van der Waals surface area (Å²) in [6.45, 7) is 2.07. The maximum atomic E-state index is 9.07. The van der Waals surface area contributed by atoms with E-state index < -0.39 is 0 Å². The molecular weight excluding hydrogens is 262 g/mol. The number of hydrogen-bond donors (Lipinski definition) is 3. The summed E-state index contributed by atoms with van der Waals surface area (Å²) in [5.41, 5.74) is 7.20. The third-order valence-corrected chi connectivity index (χ3v) is 3.97. The van der Waals surface area contributed by atoms with Gasteiger partial charge in [0, 0.05) is 25.4 Å². The van der Waals surface area contributed by atoms with Gasteiger partial charge in [0.05, 0.1) is 10.6 Å². The number of benzene rings is 1. The number of aliphatic hydroxyl groups excluding tert-OH is 1. The summed E-state index contributed by atoms with van der Waals surface area (Å²) >= 11 is 6.15. The van der Waals surface area contributed by atoms with Crippen LogP contribution in [-0.2, 0) is 0 Å². The highest BCUT2D eigenvalue weighted by molar-refractivity contribution is 6.34. The largest absolute Gasteiger partial charge is 0.396 e. The van der Waals surface area contributed by atoms with Crippen molar-refractivity contribution in [3.05, 3.63) is 28.8 Å². The zero-order valence-electron chi connectivity index (χ0n) is 10.9. The summed E-state index contributed by atoms with van der Waals surface area (Å²) in [7, 11) is 0. The Labute approximate surface area is 118 Å². The molecule has 0 radical (unpaired) electrons. The van der Waals surface area contributed by atoms with Gasteiger partial charge in [-0.1, -0.05) is 17.7 Å². The van der Waals surface area contributed by atoms with Crippen LogP contribution in [0.5, 0.6) is 0 Å². The second kappa shape index (κ2) is 6.26.